The van der Waals surface area contributed by atoms with Crippen LogP contribution < -0.4 is 15.5 Å². The number of hydrogen-bond donors (Lipinski definition) is 2. The van der Waals surface area contributed by atoms with E-state index in [9.17, 15) is 19.5 Å². The van der Waals surface area contributed by atoms with Gasteiger partial charge in [0.2, 0.25) is 0 Å². The first-order chi connectivity index (χ1) is 14.9. The zero-order valence-electron chi connectivity index (χ0n) is 16.6. The van der Waals surface area contributed by atoms with Crippen LogP contribution in [-0.2, 0) is 4.74 Å². The number of carbonyl (C=O) groups excluding carboxylic acids is 1. The van der Waals surface area contributed by atoms with Crippen molar-refractivity contribution in [3.8, 4) is 28.2 Å². The molecule has 2 aromatic rings. The van der Waals surface area contributed by atoms with E-state index in [0.29, 0.717) is 39.2 Å². The molecule has 0 radical (unpaired) electrons. The highest BCUT2D eigenvalue weighted by Crippen LogP contribution is 2.42. The van der Waals surface area contributed by atoms with Crippen LogP contribution in [0.25, 0.3) is 33.4 Å². The van der Waals surface area contributed by atoms with Crippen molar-refractivity contribution in [2.75, 3.05) is 19.5 Å². The number of fused-ring (bicyclic) bond motifs is 2. The second-order valence-electron chi connectivity index (χ2n) is 6.68. The van der Waals surface area contributed by atoms with Crippen LogP contribution in [0.3, 0.4) is 0 Å². The summed E-state index contributed by atoms with van der Waals surface area (Å²) in [5, 5.41) is 13.0. The van der Waals surface area contributed by atoms with Gasteiger partial charge in [0.25, 0.3) is 0 Å². The molecule has 8 nitrogen and oxygen atoms in total. The van der Waals surface area contributed by atoms with E-state index in [0.717, 1.165) is 0 Å². The summed E-state index contributed by atoms with van der Waals surface area (Å²) in [4.78, 5) is 35.5. The standard InChI is InChI=1S/C23H17NO7/c1-29-14-5-8-17-20(11-14)31-19-10-13(25)4-7-16(19)21(17)15-6-3-12(24-23(28)30-2)9-18(15)22(26)27/h3-11H,1-2H3,(H,24,28)(H,26,27). The summed E-state index contributed by atoms with van der Waals surface area (Å²) in [5.41, 5.74) is 1.99. The number of methoxy groups -OCH3 is 2. The van der Waals surface area contributed by atoms with Gasteiger partial charge in [-0.1, -0.05) is 6.07 Å². The number of benzene rings is 3. The van der Waals surface area contributed by atoms with Gasteiger partial charge in [0.1, 0.15) is 17.1 Å². The largest absolute Gasteiger partial charge is 0.497 e. The third-order valence-electron chi connectivity index (χ3n) is 4.85. The lowest BCUT2D eigenvalue weighted by Gasteiger charge is -2.17. The Labute approximate surface area is 176 Å². The minimum Gasteiger partial charge on any atom is -0.497 e. The van der Waals surface area contributed by atoms with Crippen molar-refractivity contribution in [2.45, 2.75) is 0 Å². The molecule has 0 atom stereocenters. The van der Waals surface area contributed by atoms with Gasteiger partial charge in [-0.3, -0.25) is 10.1 Å². The molecule has 1 amide bonds. The molecular weight excluding hydrogens is 402 g/mol. The molecular formula is C23H17NO7. The maximum atomic E-state index is 12.1. The number of rotatable bonds is 4. The average molecular weight is 419 g/mol. The van der Waals surface area contributed by atoms with Crippen molar-refractivity contribution in [1.82, 2.24) is 0 Å². The third-order valence-corrected chi connectivity index (χ3v) is 4.85. The number of carboxylic acids is 1. The Morgan fingerprint density at radius 1 is 0.968 bits per heavy atom. The van der Waals surface area contributed by atoms with Gasteiger partial charge in [0.15, 0.2) is 5.43 Å². The minimum atomic E-state index is -1.18. The first kappa shape index (κ1) is 20.0. The van der Waals surface area contributed by atoms with Crippen molar-refractivity contribution < 1.29 is 28.6 Å². The average Bonchev–Trinajstić information content (AvgIpc) is 2.76. The van der Waals surface area contributed by atoms with Crippen LogP contribution >= 0.6 is 0 Å². The highest BCUT2D eigenvalue weighted by atomic mass is 16.5. The van der Waals surface area contributed by atoms with Gasteiger partial charge in [-0.2, -0.15) is 0 Å². The molecule has 0 spiro atoms. The van der Waals surface area contributed by atoms with Crippen LogP contribution in [0.15, 0.2) is 63.8 Å². The molecule has 2 aliphatic rings. The number of amides is 1. The van der Waals surface area contributed by atoms with Crippen molar-refractivity contribution in [3.63, 3.8) is 0 Å². The summed E-state index contributed by atoms with van der Waals surface area (Å²) in [7, 11) is 2.74. The smallest absolute Gasteiger partial charge is 0.411 e. The van der Waals surface area contributed by atoms with E-state index in [1.807, 2.05) is 0 Å². The zero-order valence-corrected chi connectivity index (χ0v) is 16.6. The predicted molar refractivity (Wildman–Crippen MR) is 114 cm³/mol. The summed E-state index contributed by atoms with van der Waals surface area (Å²) >= 11 is 0. The number of carboxylic acid groups (broad SMARTS) is 1. The molecule has 0 aromatic heterocycles. The van der Waals surface area contributed by atoms with Gasteiger partial charge in [0.05, 0.1) is 19.8 Å². The Hall–Kier alpha value is -4.33. The lowest BCUT2D eigenvalue weighted by Crippen LogP contribution is -2.12. The number of aromatic carboxylic acids is 1. The topological polar surface area (TPSA) is 115 Å². The van der Waals surface area contributed by atoms with Gasteiger partial charge in [-0.15, -0.1) is 0 Å². The van der Waals surface area contributed by atoms with Crippen molar-refractivity contribution >= 4 is 28.7 Å². The molecule has 0 fully saturated rings. The number of ether oxygens (including phenoxy) is 2. The maximum Gasteiger partial charge on any atom is 0.411 e. The van der Waals surface area contributed by atoms with Crippen LogP contribution in [0.1, 0.15) is 10.4 Å². The molecule has 0 bridgehead atoms. The third kappa shape index (κ3) is 3.66. The van der Waals surface area contributed by atoms with Gasteiger partial charge in [-0.05, 0) is 42.0 Å². The SMILES string of the molecule is COC(=O)Nc1ccc(-c2c3ccc(=O)cc-3oc3cc(OC)ccc23)c(C(=O)O)c1. The molecule has 4 rings (SSSR count). The Balaban J connectivity index is 2.05. The zero-order chi connectivity index (χ0) is 22.1. The molecule has 0 saturated heterocycles. The van der Waals surface area contributed by atoms with E-state index in [1.165, 1.54) is 32.4 Å². The highest BCUT2D eigenvalue weighted by molar-refractivity contribution is 6.08. The summed E-state index contributed by atoms with van der Waals surface area (Å²) in [6, 6.07) is 14.0. The van der Waals surface area contributed by atoms with Crippen LogP contribution in [0.2, 0.25) is 0 Å². The fraction of sp³-hybridized carbons (Fsp3) is 0.0870. The minimum absolute atomic E-state index is 0.0373. The van der Waals surface area contributed by atoms with Crippen LogP contribution in [0.5, 0.6) is 5.75 Å². The molecule has 31 heavy (non-hydrogen) atoms. The predicted octanol–water partition coefficient (Wildman–Crippen LogP) is 4.45. The Bertz CT molecular complexity index is 1360. The second kappa shape index (κ2) is 7.83. The number of anilines is 1. The fourth-order valence-corrected chi connectivity index (χ4v) is 3.45. The Morgan fingerprint density at radius 3 is 2.45 bits per heavy atom. The monoisotopic (exact) mass is 419 g/mol. The van der Waals surface area contributed by atoms with Crippen molar-refractivity contribution in [2.24, 2.45) is 0 Å². The van der Waals surface area contributed by atoms with E-state index in [4.69, 9.17) is 9.15 Å². The summed E-state index contributed by atoms with van der Waals surface area (Å²) < 4.78 is 15.7. The van der Waals surface area contributed by atoms with E-state index in [1.54, 1.807) is 36.4 Å². The molecule has 1 aliphatic heterocycles. The first-order valence-corrected chi connectivity index (χ1v) is 9.18. The lowest BCUT2D eigenvalue weighted by molar-refractivity contribution is 0.0697. The number of hydrogen-bond acceptors (Lipinski definition) is 6. The van der Waals surface area contributed by atoms with E-state index in [-0.39, 0.29) is 16.7 Å². The fourth-order valence-electron chi connectivity index (χ4n) is 3.45. The molecule has 2 aromatic carbocycles. The van der Waals surface area contributed by atoms with Gasteiger partial charge >= 0.3 is 12.1 Å². The summed E-state index contributed by atoms with van der Waals surface area (Å²) in [5.74, 6) is -0.313. The van der Waals surface area contributed by atoms with Crippen molar-refractivity contribution in [3.05, 3.63) is 70.4 Å². The van der Waals surface area contributed by atoms with Gasteiger partial charge < -0.3 is 19.0 Å². The molecule has 0 unspecified atom stereocenters. The van der Waals surface area contributed by atoms with E-state index < -0.39 is 12.1 Å². The molecule has 1 aliphatic carbocycles. The Morgan fingerprint density at radius 2 is 1.74 bits per heavy atom. The normalized spacial score (nSPS) is 10.8. The van der Waals surface area contributed by atoms with Crippen LogP contribution in [0.4, 0.5) is 10.5 Å². The lowest BCUT2D eigenvalue weighted by atomic mass is 9.90. The molecule has 0 saturated carbocycles. The molecule has 2 N–H and O–H groups in total. The van der Waals surface area contributed by atoms with Crippen molar-refractivity contribution in [1.29, 1.82) is 0 Å². The Kier molecular flexibility index (Phi) is 5.04. The quantitative estimate of drug-likeness (QED) is 0.470. The van der Waals surface area contributed by atoms with E-state index >= 15 is 0 Å². The molecule has 1 heterocycles. The molecule has 8 heteroatoms. The molecule has 156 valence electrons. The van der Waals surface area contributed by atoms with Crippen LogP contribution in [0, 0.1) is 0 Å². The van der Waals surface area contributed by atoms with Crippen LogP contribution in [-0.4, -0.2) is 31.4 Å². The second-order valence-corrected chi connectivity index (χ2v) is 6.68. The maximum absolute atomic E-state index is 12.1. The highest BCUT2D eigenvalue weighted by Gasteiger charge is 2.22. The number of nitrogens with one attached hydrogen (secondary N) is 1. The summed E-state index contributed by atoms with van der Waals surface area (Å²) in [6.07, 6.45) is -0.714. The number of carbonyl (C=O) groups is 2. The van der Waals surface area contributed by atoms with Gasteiger partial charge in [-0.25, -0.2) is 9.59 Å². The van der Waals surface area contributed by atoms with Gasteiger partial charge in [0, 0.05) is 34.3 Å². The van der Waals surface area contributed by atoms with E-state index in [2.05, 4.69) is 10.1 Å². The summed E-state index contributed by atoms with van der Waals surface area (Å²) in [6.45, 7) is 0. The first-order valence-electron chi connectivity index (χ1n) is 9.18.